The number of hydrogen-bond acceptors (Lipinski definition) is 3. The number of amides is 2. The van der Waals surface area contributed by atoms with Crippen molar-refractivity contribution in [2.75, 3.05) is 17.2 Å². The van der Waals surface area contributed by atoms with Gasteiger partial charge in [-0.1, -0.05) is 19.4 Å². The van der Waals surface area contributed by atoms with Crippen molar-refractivity contribution in [2.45, 2.75) is 45.6 Å². The molecular weight excluding hydrogens is 266 g/mol. The number of nitrogens with one attached hydrogen (secondary N) is 3. The summed E-state index contributed by atoms with van der Waals surface area (Å²) in [5, 5.41) is 9.04. The van der Waals surface area contributed by atoms with E-state index in [0.717, 1.165) is 42.7 Å². The van der Waals surface area contributed by atoms with Crippen LogP contribution < -0.4 is 16.0 Å². The minimum atomic E-state index is -0.118. The largest absolute Gasteiger partial charge is 0.326 e. The molecule has 1 aliphatic rings. The molecule has 0 saturated carbocycles. The van der Waals surface area contributed by atoms with Crippen molar-refractivity contribution in [3.63, 3.8) is 0 Å². The summed E-state index contributed by atoms with van der Waals surface area (Å²) in [6.45, 7) is 4.60. The van der Waals surface area contributed by atoms with E-state index in [1.165, 1.54) is 0 Å². The highest BCUT2D eigenvalue weighted by Crippen LogP contribution is 2.24. The van der Waals surface area contributed by atoms with E-state index in [1.54, 1.807) is 0 Å². The van der Waals surface area contributed by atoms with Gasteiger partial charge in [0.05, 0.1) is 6.04 Å². The van der Waals surface area contributed by atoms with E-state index in [0.29, 0.717) is 6.42 Å². The molecule has 0 spiro atoms. The molecule has 2 rings (SSSR count). The average Bonchev–Trinajstić information content (AvgIpc) is 2.52. The van der Waals surface area contributed by atoms with Crippen LogP contribution in [0.25, 0.3) is 0 Å². The Morgan fingerprint density at radius 1 is 1.24 bits per heavy atom. The first-order valence-electron chi connectivity index (χ1n) is 7.55. The van der Waals surface area contributed by atoms with Crippen LogP contribution in [0.1, 0.15) is 38.2 Å². The van der Waals surface area contributed by atoms with Crippen molar-refractivity contribution < 1.29 is 9.59 Å². The highest BCUT2D eigenvalue weighted by Gasteiger charge is 2.21. The standard InChI is InChI=1S/C16H23N3O2/c1-3-15(20)18-12-8-6-9-13(11(12)2)19-16(21)14-7-4-5-10-17-14/h6,8-9,14,17H,3-5,7,10H2,1-2H3,(H,18,20)(H,19,21)/t14-/m1/s1. The summed E-state index contributed by atoms with van der Waals surface area (Å²) in [5.41, 5.74) is 2.38. The van der Waals surface area contributed by atoms with Crippen molar-refractivity contribution in [1.82, 2.24) is 5.32 Å². The van der Waals surface area contributed by atoms with Crippen LogP contribution in [0.3, 0.4) is 0 Å². The summed E-state index contributed by atoms with van der Waals surface area (Å²) < 4.78 is 0. The third-order valence-corrected chi connectivity index (χ3v) is 3.81. The Hall–Kier alpha value is -1.88. The SMILES string of the molecule is CCC(=O)Nc1cccc(NC(=O)[C@H]2CCCCN2)c1C. The predicted octanol–water partition coefficient (Wildman–Crippen LogP) is 2.42. The van der Waals surface area contributed by atoms with Gasteiger partial charge >= 0.3 is 0 Å². The lowest BCUT2D eigenvalue weighted by Gasteiger charge is -2.23. The van der Waals surface area contributed by atoms with Gasteiger partial charge in [-0.05, 0) is 44.0 Å². The number of piperidine rings is 1. The van der Waals surface area contributed by atoms with Gasteiger partial charge in [0.25, 0.3) is 0 Å². The second-order valence-electron chi connectivity index (χ2n) is 5.37. The summed E-state index contributed by atoms with van der Waals surface area (Å²) in [6.07, 6.45) is 3.51. The maximum atomic E-state index is 12.2. The zero-order valence-corrected chi connectivity index (χ0v) is 12.7. The van der Waals surface area contributed by atoms with Crippen molar-refractivity contribution >= 4 is 23.2 Å². The van der Waals surface area contributed by atoms with Gasteiger partial charge in [0.15, 0.2) is 0 Å². The van der Waals surface area contributed by atoms with Crippen LogP contribution in [0.5, 0.6) is 0 Å². The van der Waals surface area contributed by atoms with Gasteiger partial charge in [0, 0.05) is 17.8 Å². The molecule has 0 aromatic heterocycles. The first kappa shape index (κ1) is 15.5. The number of hydrogen-bond donors (Lipinski definition) is 3. The summed E-state index contributed by atoms with van der Waals surface area (Å²) in [7, 11) is 0. The minimum absolute atomic E-state index is 0.00299. The lowest BCUT2D eigenvalue weighted by atomic mass is 10.0. The van der Waals surface area contributed by atoms with Crippen molar-refractivity contribution in [2.24, 2.45) is 0 Å². The fourth-order valence-electron chi connectivity index (χ4n) is 2.44. The molecule has 0 bridgehead atoms. The Labute approximate surface area is 125 Å². The molecule has 5 nitrogen and oxygen atoms in total. The lowest BCUT2D eigenvalue weighted by molar-refractivity contribution is -0.118. The minimum Gasteiger partial charge on any atom is -0.326 e. The van der Waals surface area contributed by atoms with Gasteiger partial charge in [0.1, 0.15) is 0 Å². The summed E-state index contributed by atoms with van der Waals surface area (Å²) >= 11 is 0. The normalized spacial score (nSPS) is 18.1. The van der Waals surface area contributed by atoms with Crippen LogP contribution in [-0.2, 0) is 9.59 Å². The molecule has 114 valence electrons. The van der Waals surface area contributed by atoms with Crippen molar-refractivity contribution in [1.29, 1.82) is 0 Å². The Balaban J connectivity index is 2.07. The van der Waals surface area contributed by atoms with Crippen molar-refractivity contribution in [3.05, 3.63) is 23.8 Å². The monoisotopic (exact) mass is 289 g/mol. The Morgan fingerprint density at radius 3 is 2.57 bits per heavy atom. The van der Waals surface area contributed by atoms with Gasteiger partial charge in [-0.15, -0.1) is 0 Å². The second kappa shape index (κ2) is 7.22. The zero-order valence-electron chi connectivity index (χ0n) is 12.7. The third kappa shape index (κ3) is 4.04. The molecule has 3 N–H and O–H groups in total. The molecule has 1 aromatic carbocycles. The van der Waals surface area contributed by atoms with Gasteiger partial charge < -0.3 is 16.0 Å². The van der Waals surface area contributed by atoms with Crippen LogP contribution in [-0.4, -0.2) is 24.4 Å². The Bertz CT molecular complexity index is 522. The quantitative estimate of drug-likeness (QED) is 0.797. The van der Waals surface area contributed by atoms with Crippen LogP contribution in [0.15, 0.2) is 18.2 Å². The molecule has 1 heterocycles. The van der Waals surface area contributed by atoms with Gasteiger partial charge in [-0.3, -0.25) is 9.59 Å². The highest BCUT2D eigenvalue weighted by atomic mass is 16.2. The lowest BCUT2D eigenvalue weighted by Crippen LogP contribution is -2.43. The Morgan fingerprint density at radius 2 is 1.95 bits per heavy atom. The van der Waals surface area contributed by atoms with E-state index >= 15 is 0 Å². The maximum absolute atomic E-state index is 12.2. The summed E-state index contributed by atoms with van der Waals surface area (Å²) in [5.74, 6) is -0.0349. The van der Waals surface area contributed by atoms with Crippen LogP contribution in [0, 0.1) is 6.92 Å². The van der Waals surface area contributed by atoms with E-state index in [4.69, 9.17) is 0 Å². The smallest absolute Gasteiger partial charge is 0.241 e. The molecule has 1 aliphatic heterocycles. The first-order valence-corrected chi connectivity index (χ1v) is 7.55. The number of benzene rings is 1. The molecule has 1 atom stereocenters. The third-order valence-electron chi connectivity index (χ3n) is 3.81. The van der Waals surface area contributed by atoms with Crippen molar-refractivity contribution in [3.8, 4) is 0 Å². The topological polar surface area (TPSA) is 70.2 Å². The van der Waals surface area contributed by atoms with E-state index in [9.17, 15) is 9.59 Å². The molecular formula is C16H23N3O2. The number of carbonyl (C=O) groups is 2. The molecule has 0 radical (unpaired) electrons. The van der Waals surface area contributed by atoms with E-state index in [1.807, 2.05) is 32.0 Å². The number of anilines is 2. The second-order valence-corrected chi connectivity index (χ2v) is 5.37. The highest BCUT2D eigenvalue weighted by molar-refractivity contribution is 5.97. The molecule has 21 heavy (non-hydrogen) atoms. The van der Waals surface area contributed by atoms with Gasteiger partial charge in [0.2, 0.25) is 11.8 Å². The summed E-state index contributed by atoms with van der Waals surface area (Å²) in [6, 6.07) is 5.42. The molecule has 2 amide bonds. The fourth-order valence-corrected chi connectivity index (χ4v) is 2.44. The number of carbonyl (C=O) groups excluding carboxylic acids is 2. The van der Waals surface area contributed by atoms with Crippen LogP contribution in [0.4, 0.5) is 11.4 Å². The molecule has 1 saturated heterocycles. The summed E-state index contributed by atoms with van der Waals surface area (Å²) in [4.78, 5) is 23.8. The molecule has 0 aliphatic carbocycles. The zero-order chi connectivity index (χ0) is 15.2. The average molecular weight is 289 g/mol. The van der Waals surface area contributed by atoms with E-state index in [2.05, 4.69) is 16.0 Å². The van der Waals surface area contributed by atoms with E-state index in [-0.39, 0.29) is 17.9 Å². The van der Waals surface area contributed by atoms with Crippen LogP contribution in [0.2, 0.25) is 0 Å². The predicted molar refractivity (Wildman–Crippen MR) is 84.4 cm³/mol. The van der Waals surface area contributed by atoms with Crippen LogP contribution >= 0.6 is 0 Å². The fraction of sp³-hybridized carbons (Fsp3) is 0.500. The molecule has 5 heteroatoms. The number of rotatable bonds is 4. The molecule has 1 aromatic rings. The first-order chi connectivity index (χ1) is 10.1. The van der Waals surface area contributed by atoms with E-state index < -0.39 is 0 Å². The van der Waals surface area contributed by atoms with Gasteiger partial charge in [-0.2, -0.15) is 0 Å². The Kier molecular flexibility index (Phi) is 5.33. The molecule has 1 fully saturated rings. The molecule has 0 unspecified atom stereocenters. The maximum Gasteiger partial charge on any atom is 0.241 e. The van der Waals surface area contributed by atoms with Gasteiger partial charge in [-0.25, -0.2) is 0 Å².